The number of ether oxygens (including phenoxy) is 1. The summed E-state index contributed by atoms with van der Waals surface area (Å²) in [5.74, 6) is 1.43. The van der Waals surface area contributed by atoms with E-state index in [2.05, 4.69) is 26.0 Å². The Morgan fingerprint density at radius 2 is 1.84 bits per heavy atom. The predicted molar refractivity (Wildman–Crippen MR) is 113 cm³/mol. The molecule has 2 aromatic heterocycles. The molecule has 1 aliphatic carbocycles. The third kappa shape index (κ3) is 3.08. The van der Waals surface area contributed by atoms with Crippen LogP contribution in [0.2, 0.25) is 0 Å². The van der Waals surface area contributed by atoms with Crippen molar-refractivity contribution in [2.45, 2.75) is 27.2 Å². The molecule has 0 N–H and O–H groups in total. The highest BCUT2D eigenvalue weighted by Crippen LogP contribution is 2.50. The molecule has 0 spiro atoms. The molecule has 31 heavy (non-hydrogen) atoms. The number of rotatable bonds is 3. The zero-order valence-corrected chi connectivity index (χ0v) is 17.6. The molecule has 3 aliphatic rings. The van der Waals surface area contributed by atoms with Gasteiger partial charge < -0.3 is 4.74 Å². The van der Waals surface area contributed by atoms with Crippen LogP contribution in [-0.2, 0) is 9.53 Å². The van der Waals surface area contributed by atoms with Gasteiger partial charge in [0.25, 0.3) is 0 Å². The highest BCUT2D eigenvalue weighted by Gasteiger charge is 2.52. The highest BCUT2D eigenvalue weighted by molar-refractivity contribution is 6.04. The lowest BCUT2D eigenvalue weighted by Gasteiger charge is -2.26. The number of aromatic nitrogens is 4. The Hall–Kier alpha value is -3.62. The second-order valence-electron chi connectivity index (χ2n) is 8.40. The van der Waals surface area contributed by atoms with Gasteiger partial charge in [0.05, 0.1) is 24.4 Å². The van der Waals surface area contributed by atoms with Crippen LogP contribution < -0.4 is 9.80 Å². The van der Waals surface area contributed by atoms with Gasteiger partial charge in [-0.2, -0.15) is 0 Å². The molecule has 4 heterocycles. The number of aryl methyl sites for hydroxylation is 1. The van der Waals surface area contributed by atoms with E-state index < -0.39 is 11.5 Å². The normalized spacial score (nSPS) is 22.2. The van der Waals surface area contributed by atoms with Crippen molar-refractivity contribution in [1.29, 1.82) is 0 Å². The molecule has 0 radical (unpaired) electrons. The molecular formula is C22H22N6O3. The van der Waals surface area contributed by atoms with Crippen molar-refractivity contribution in [2.75, 3.05) is 23.0 Å². The quantitative estimate of drug-likeness (QED) is 0.755. The van der Waals surface area contributed by atoms with Crippen molar-refractivity contribution < 1.29 is 14.3 Å². The van der Waals surface area contributed by atoms with Crippen LogP contribution in [0.4, 0.5) is 16.4 Å². The van der Waals surface area contributed by atoms with Gasteiger partial charge in [-0.25, -0.2) is 19.7 Å². The molecule has 2 saturated heterocycles. The summed E-state index contributed by atoms with van der Waals surface area (Å²) in [6.45, 7) is 6.46. The number of fused-ring (bicyclic) bond motifs is 1. The van der Waals surface area contributed by atoms with Gasteiger partial charge in [-0.15, -0.1) is 0 Å². The van der Waals surface area contributed by atoms with Gasteiger partial charge in [0.2, 0.25) is 5.91 Å². The summed E-state index contributed by atoms with van der Waals surface area (Å²) in [6.07, 6.45) is 11.0. The Kier molecular flexibility index (Phi) is 4.35. The monoisotopic (exact) mass is 418 g/mol. The number of allylic oxidation sites excluding steroid dienone is 4. The van der Waals surface area contributed by atoms with Crippen LogP contribution in [0.1, 0.15) is 31.7 Å². The van der Waals surface area contributed by atoms with E-state index >= 15 is 0 Å². The number of cyclic esters (lactones) is 1. The largest absolute Gasteiger partial charge is 0.447 e. The summed E-state index contributed by atoms with van der Waals surface area (Å²) in [5, 5.41) is 0. The Bertz CT molecular complexity index is 1140. The lowest BCUT2D eigenvalue weighted by molar-refractivity contribution is -0.125. The first-order valence-electron chi connectivity index (χ1n) is 10.2. The standard InChI is InChI=1S/C22H22N6O3/c1-13-24-9-15(10-25-13)14-4-5-16-17(8-14)28(20(29)22(16,2)3)19-12-23-11-18(26-19)27-6-7-31-21(27)30/h4,8-12,16H,5-7H2,1-3H3. The molecule has 9 heteroatoms. The highest BCUT2D eigenvalue weighted by atomic mass is 16.6. The molecule has 2 fully saturated rings. The Morgan fingerprint density at radius 1 is 1.10 bits per heavy atom. The van der Waals surface area contributed by atoms with E-state index in [1.54, 1.807) is 23.5 Å². The number of hydrogen-bond acceptors (Lipinski definition) is 7. The smallest absolute Gasteiger partial charge is 0.415 e. The third-order valence-electron chi connectivity index (χ3n) is 6.11. The van der Waals surface area contributed by atoms with Crippen LogP contribution in [0, 0.1) is 18.3 Å². The molecule has 0 saturated carbocycles. The van der Waals surface area contributed by atoms with Crippen LogP contribution in [0.15, 0.2) is 42.6 Å². The SMILES string of the molecule is Cc1ncc(C2=CCC3C(=C2)N(c2cncc(N4CCOC4=O)n2)C(=O)C3(C)C)cn1. The van der Waals surface area contributed by atoms with Crippen molar-refractivity contribution in [2.24, 2.45) is 11.3 Å². The molecule has 2 amide bonds. The second kappa shape index (κ2) is 6.97. The zero-order chi connectivity index (χ0) is 21.8. The van der Waals surface area contributed by atoms with E-state index in [1.807, 2.05) is 26.8 Å². The predicted octanol–water partition coefficient (Wildman–Crippen LogP) is 2.89. The maximum Gasteiger partial charge on any atom is 0.415 e. The van der Waals surface area contributed by atoms with Crippen LogP contribution in [0.5, 0.6) is 0 Å². The number of amides is 2. The van der Waals surface area contributed by atoms with Crippen LogP contribution >= 0.6 is 0 Å². The maximum absolute atomic E-state index is 13.4. The van der Waals surface area contributed by atoms with Crippen molar-refractivity contribution in [1.82, 2.24) is 19.9 Å². The number of hydrogen-bond donors (Lipinski definition) is 0. The molecule has 5 rings (SSSR count). The number of anilines is 2. The minimum atomic E-state index is -0.595. The molecule has 2 aromatic rings. The van der Waals surface area contributed by atoms with E-state index in [1.165, 1.54) is 11.1 Å². The van der Waals surface area contributed by atoms with Crippen molar-refractivity contribution in [3.8, 4) is 0 Å². The van der Waals surface area contributed by atoms with Crippen LogP contribution in [-0.4, -0.2) is 45.1 Å². The van der Waals surface area contributed by atoms with Gasteiger partial charge in [-0.3, -0.25) is 19.6 Å². The van der Waals surface area contributed by atoms with E-state index in [4.69, 9.17) is 4.74 Å². The maximum atomic E-state index is 13.4. The van der Waals surface area contributed by atoms with E-state index in [9.17, 15) is 9.59 Å². The average molecular weight is 418 g/mol. The Morgan fingerprint density at radius 3 is 2.55 bits per heavy atom. The number of carbonyl (C=O) groups excluding carboxylic acids is 2. The van der Waals surface area contributed by atoms with Gasteiger partial charge in [0, 0.05) is 29.6 Å². The van der Waals surface area contributed by atoms with Gasteiger partial charge in [0.15, 0.2) is 11.6 Å². The summed E-state index contributed by atoms with van der Waals surface area (Å²) in [7, 11) is 0. The minimum Gasteiger partial charge on any atom is -0.447 e. The first kappa shape index (κ1) is 19.3. The summed E-state index contributed by atoms with van der Waals surface area (Å²) >= 11 is 0. The second-order valence-corrected chi connectivity index (χ2v) is 8.40. The third-order valence-corrected chi connectivity index (χ3v) is 6.11. The topological polar surface area (TPSA) is 101 Å². The number of carbonyl (C=O) groups is 2. The van der Waals surface area contributed by atoms with E-state index in [0.717, 1.165) is 23.3 Å². The number of nitrogens with zero attached hydrogens (tertiary/aromatic N) is 6. The molecule has 1 unspecified atom stereocenters. The molecule has 9 nitrogen and oxygen atoms in total. The van der Waals surface area contributed by atoms with Gasteiger partial charge in [-0.1, -0.05) is 19.9 Å². The zero-order valence-electron chi connectivity index (χ0n) is 17.6. The molecule has 158 valence electrons. The summed E-state index contributed by atoms with van der Waals surface area (Å²) < 4.78 is 5.00. The average Bonchev–Trinajstić information content (AvgIpc) is 3.27. The van der Waals surface area contributed by atoms with Crippen LogP contribution in [0.25, 0.3) is 5.57 Å². The fraction of sp³-hybridized carbons (Fsp3) is 0.364. The first-order valence-corrected chi connectivity index (χ1v) is 10.2. The minimum absolute atomic E-state index is 0.0114. The lowest BCUT2D eigenvalue weighted by Crippen LogP contribution is -2.32. The van der Waals surface area contributed by atoms with Gasteiger partial charge in [-0.05, 0) is 25.0 Å². The summed E-state index contributed by atoms with van der Waals surface area (Å²) in [4.78, 5) is 45.9. The summed E-state index contributed by atoms with van der Waals surface area (Å²) in [5.41, 5.74) is 2.13. The molecule has 2 aliphatic heterocycles. The van der Waals surface area contributed by atoms with Crippen molar-refractivity contribution in [3.63, 3.8) is 0 Å². The Balaban J connectivity index is 1.56. The molecule has 0 aromatic carbocycles. The summed E-state index contributed by atoms with van der Waals surface area (Å²) in [6, 6.07) is 0. The molecular weight excluding hydrogens is 396 g/mol. The van der Waals surface area contributed by atoms with Crippen LogP contribution in [0.3, 0.4) is 0 Å². The van der Waals surface area contributed by atoms with Gasteiger partial charge >= 0.3 is 6.09 Å². The fourth-order valence-corrected chi connectivity index (χ4v) is 4.29. The fourth-order valence-electron chi connectivity index (χ4n) is 4.29. The van der Waals surface area contributed by atoms with Crippen molar-refractivity contribution >= 4 is 29.2 Å². The van der Waals surface area contributed by atoms with E-state index in [0.29, 0.717) is 30.6 Å². The Labute approximate surface area is 179 Å². The van der Waals surface area contributed by atoms with E-state index in [-0.39, 0.29) is 11.8 Å². The molecule has 1 atom stereocenters. The van der Waals surface area contributed by atoms with Crippen molar-refractivity contribution in [3.05, 3.63) is 54.0 Å². The first-order chi connectivity index (χ1) is 14.9. The molecule has 0 bridgehead atoms. The lowest BCUT2D eigenvalue weighted by atomic mass is 9.75. The van der Waals surface area contributed by atoms with Gasteiger partial charge in [0.1, 0.15) is 12.4 Å².